The van der Waals surface area contributed by atoms with Crippen LogP contribution in [-0.2, 0) is 10.0 Å². The lowest BCUT2D eigenvalue weighted by Crippen LogP contribution is -2.29. The lowest BCUT2D eigenvalue weighted by molar-refractivity contribution is 0.459. The number of hydrogen-bond acceptors (Lipinski definition) is 3. The summed E-state index contributed by atoms with van der Waals surface area (Å²) in [5, 5.41) is 1.31. The number of sulfonamides is 1. The third-order valence-electron chi connectivity index (χ3n) is 2.66. The molecule has 0 saturated heterocycles. The highest BCUT2D eigenvalue weighted by molar-refractivity contribution is 9.11. The fourth-order valence-corrected chi connectivity index (χ4v) is 5.88. The molecule has 1 atom stereocenters. The second-order valence-electron chi connectivity index (χ2n) is 4.17. The van der Waals surface area contributed by atoms with Crippen molar-refractivity contribution in [2.45, 2.75) is 30.4 Å². The standard InChI is InChI=1S/C11H16Br2ClNO2S2/c1-2-3-8(4-5-12)7-15-19(16,17)10-6-9(14)11(13)18-10/h6,8,15H,2-5,7H2,1H3. The van der Waals surface area contributed by atoms with Crippen LogP contribution in [0.1, 0.15) is 26.2 Å². The van der Waals surface area contributed by atoms with Crippen molar-refractivity contribution in [3.8, 4) is 0 Å². The maximum atomic E-state index is 12.1. The summed E-state index contributed by atoms with van der Waals surface area (Å²) in [5.74, 6) is 0.359. The van der Waals surface area contributed by atoms with Gasteiger partial charge in [0.1, 0.15) is 4.21 Å². The smallest absolute Gasteiger partial charge is 0.210 e. The number of alkyl halides is 1. The molecule has 1 aromatic rings. The first-order chi connectivity index (χ1) is 8.90. The Kier molecular flexibility index (Phi) is 7.86. The molecule has 0 radical (unpaired) electrons. The van der Waals surface area contributed by atoms with Crippen molar-refractivity contribution in [2.24, 2.45) is 5.92 Å². The SMILES string of the molecule is CCCC(CCBr)CNS(=O)(=O)c1cc(Cl)c(Br)s1. The lowest BCUT2D eigenvalue weighted by atomic mass is 10.0. The van der Waals surface area contributed by atoms with Crippen molar-refractivity contribution in [3.63, 3.8) is 0 Å². The van der Waals surface area contributed by atoms with E-state index < -0.39 is 10.0 Å². The van der Waals surface area contributed by atoms with E-state index in [2.05, 4.69) is 43.5 Å². The molecule has 0 aromatic carbocycles. The Morgan fingerprint density at radius 3 is 2.63 bits per heavy atom. The van der Waals surface area contributed by atoms with Crippen molar-refractivity contribution in [1.29, 1.82) is 0 Å². The molecule has 8 heteroatoms. The van der Waals surface area contributed by atoms with Crippen LogP contribution < -0.4 is 4.72 Å². The average molecular weight is 454 g/mol. The van der Waals surface area contributed by atoms with Crippen LogP contribution in [0.3, 0.4) is 0 Å². The molecule has 1 rings (SSSR count). The van der Waals surface area contributed by atoms with E-state index in [9.17, 15) is 8.42 Å². The summed E-state index contributed by atoms with van der Waals surface area (Å²) in [4.78, 5) is 0. The Balaban J connectivity index is 2.68. The molecule has 0 aliphatic carbocycles. The maximum absolute atomic E-state index is 12.1. The van der Waals surface area contributed by atoms with E-state index in [0.717, 1.165) is 35.9 Å². The van der Waals surface area contributed by atoms with Gasteiger partial charge in [-0.3, -0.25) is 0 Å². The molecule has 1 N–H and O–H groups in total. The molecule has 0 amide bonds. The predicted molar refractivity (Wildman–Crippen MR) is 89.0 cm³/mol. The van der Waals surface area contributed by atoms with Gasteiger partial charge in [0.15, 0.2) is 0 Å². The van der Waals surface area contributed by atoms with Crippen molar-refractivity contribution >= 4 is 64.8 Å². The van der Waals surface area contributed by atoms with E-state index in [4.69, 9.17) is 11.6 Å². The van der Waals surface area contributed by atoms with Crippen molar-refractivity contribution in [1.82, 2.24) is 4.72 Å². The summed E-state index contributed by atoms with van der Waals surface area (Å²) >= 11 is 13.6. The third kappa shape index (κ3) is 5.63. The van der Waals surface area contributed by atoms with Crippen LogP contribution in [0.25, 0.3) is 0 Å². The van der Waals surface area contributed by atoms with Crippen molar-refractivity contribution in [2.75, 3.05) is 11.9 Å². The lowest BCUT2D eigenvalue weighted by Gasteiger charge is -2.15. The van der Waals surface area contributed by atoms with Gasteiger partial charge in [-0.2, -0.15) is 0 Å². The van der Waals surface area contributed by atoms with Crippen LogP contribution in [0.2, 0.25) is 5.02 Å². The molecule has 110 valence electrons. The Hall–Kier alpha value is 0.860. The summed E-state index contributed by atoms with van der Waals surface area (Å²) in [7, 11) is -3.45. The zero-order chi connectivity index (χ0) is 14.5. The van der Waals surface area contributed by atoms with Gasteiger partial charge in [0, 0.05) is 11.9 Å². The summed E-state index contributed by atoms with van der Waals surface area (Å²) in [6, 6.07) is 1.47. The average Bonchev–Trinajstić information content (AvgIpc) is 2.68. The zero-order valence-electron chi connectivity index (χ0n) is 10.5. The first-order valence-electron chi connectivity index (χ1n) is 5.91. The zero-order valence-corrected chi connectivity index (χ0v) is 16.0. The molecule has 0 aliphatic rings. The molecule has 0 spiro atoms. The molecule has 1 heterocycles. The van der Waals surface area contributed by atoms with Gasteiger partial charge < -0.3 is 0 Å². The normalized spacial score (nSPS) is 13.7. The van der Waals surface area contributed by atoms with Gasteiger partial charge in [0.2, 0.25) is 10.0 Å². The molecular formula is C11H16Br2ClNO2S2. The monoisotopic (exact) mass is 451 g/mol. The van der Waals surface area contributed by atoms with Gasteiger partial charge in [0.25, 0.3) is 0 Å². The van der Waals surface area contributed by atoms with Crippen LogP contribution in [0, 0.1) is 5.92 Å². The topological polar surface area (TPSA) is 46.2 Å². The van der Waals surface area contributed by atoms with Crippen LogP contribution in [-0.4, -0.2) is 20.3 Å². The molecule has 3 nitrogen and oxygen atoms in total. The quantitative estimate of drug-likeness (QED) is 0.583. The maximum Gasteiger partial charge on any atom is 0.250 e. The Morgan fingerprint density at radius 2 is 2.16 bits per heavy atom. The second kappa shape index (κ2) is 8.34. The van der Waals surface area contributed by atoms with Crippen LogP contribution in [0.15, 0.2) is 14.1 Å². The summed E-state index contributed by atoms with van der Waals surface area (Å²) in [6.07, 6.45) is 3.03. The van der Waals surface area contributed by atoms with E-state index in [-0.39, 0.29) is 4.21 Å². The summed E-state index contributed by atoms with van der Waals surface area (Å²) in [5.41, 5.74) is 0. The van der Waals surface area contributed by atoms with E-state index in [1.54, 1.807) is 0 Å². The Bertz CT molecular complexity index is 479. The molecule has 0 bridgehead atoms. The molecular weight excluding hydrogens is 438 g/mol. The highest BCUT2D eigenvalue weighted by Crippen LogP contribution is 2.34. The fraction of sp³-hybridized carbons (Fsp3) is 0.636. The van der Waals surface area contributed by atoms with Gasteiger partial charge in [-0.15, -0.1) is 11.3 Å². The van der Waals surface area contributed by atoms with Gasteiger partial charge in [-0.25, -0.2) is 13.1 Å². The van der Waals surface area contributed by atoms with Gasteiger partial charge in [0.05, 0.1) is 8.81 Å². The van der Waals surface area contributed by atoms with Crippen LogP contribution >= 0.6 is 54.8 Å². The minimum atomic E-state index is -3.45. The minimum Gasteiger partial charge on any atom is -0.210 e. The molecule has 19 heavy (non-hydrogen) atoms. The van der Waals surface area contributed by atoms with E-state index in [0.29, 0.717) is 21.3 Å². The number of halogens is 3. The Labute approximate surface area is 140 Å². The molecule has 1 aromatic heterocycles. The molecule has 0 aliphatic heterocycles. The molecule has 0 fully saturated rings. The Morgan fingerprint density at radius 1 is 1.47 bits per heavy atom. The van der Waals surface area contributed by atoms with Crippen LogP contribution in [0.5, 0.6) is 0 Å². The first kappa shape index (κ1) is 17.9. The summed E-state index contributed by atoms with van der Waals surface area (Å²) in [6.45, 7) is 2.57. The number of nitrogens with one attached hydrogen (secondary N) is 1. The van der Waals surface area contributed by atoms with Gasteiger partial charge in [-0.05, 0) is 40.8 Å². The van der Waals surface area contributed by atoms with Gasteiger partial charge >= 0.3 is 0 Å². The minimum absolute atomic E-state index is 0.249. The number of thiophene rings is 1. The highest BCUT2D eigenvalue weighted by Gasteiger charge is 2.20. The third-order valence-corrected chi connectivity index (χ3v) is 7.49. The van der Waals surface area contributed by atoms with Crippen molar-refractivity contribution < 1.29 is 8.42 Å². The van der Waals surface area contributed by atoms with Crippen molar-refractivity contribution in [3.05, 3.63) is 14.9 Å². The highest BCUT2D eigenvalue weighted by atomic mass is 79.9. The van der Waals surface area contributed by atoms with E-state index in [1.807, 2.05) is 0 Å². The first-order valence-corrected chi connectivity index (χ1v) is 10.5. The second-order valence-corrected chi connectivity index (χ2v) is 9.74. The van der Waals surface area contributed by atoms with Crippen LogP contribution in [0.4, 0.5) is 0 Å². The summed E-state index contributed by atoms with van der Waals surface area (Å²) < 4.78 is 27.8. The fourth-order valence-electron chi connectivity index (χ4n) is 1.67. The molecule has 1 unspecified atom stereocenters. The number of rotatable bonds is 8. The molecule has 0 saturated carbocycles. The largest absolute Gasteiger partial charge is 0.250 e. The van der Waals surface area contributed by atoms with E-state index >= 15 is 0 Å². The van der Waals surface area contributed by atoms with E-state index in [1.165, 1.54) is 6.07 Å². The van der Waals surface area contributed by atoms with Gasteiger partial charge in [-0.1, -0.05) is 40.9 Å². The number of hydrogen-bond donors (Lipinski definition) is 1. The predicted octanol–water partition coefficient (Wildman–Crippen LogP) is 4.64.